The quantitative estimate of drug-likeness (QED) is 0.816. The lowest BCUT2D eigenvalue weighted by molar-refractivity contribution is -0.0586. The fourth-order valence-corrected chi connectivity index (χ4v) is 4.42. The third-order valence-corrected chi connectivity index (χ3v) is 5.64. The number of rotatable bonds is 5. The van der Waals surface area contributed by atoms with Crippen LogP contribution in [0.15, 0.2) is 48.5 Å². The number of anilines is 1. The van der Waals surface area contributed by atoms with Crippen molar-refractivity contribution < 1.29 is 14.3 Å². The highest BCUT2D eigenvalue weighted by atomic mass is 16.5. The molecule has 0 unspecified atom stereocenters. The maximum absolute atomic E-state index is 13.1. The molecule has 4 rings (SSSR count). The molecule has 0 aliphatic carbocycles. The maximum atomic E-state index is 13.1. The van der Waals surface area contributed by atoms with Gasteiger partial charge in [-0.15, -0.1) is 0 Å². The lowest BCUT2D eigenvalue weighted by Crippen LogP contribution is -2.48. The lowest BCUT2D eigenvalue weighted by Gasteiger charge is -2.35. The van der Waals surface area contributed by atoms with Gasteiger partial charge in [0.05, 0.1) is 12.2 Å². The van der Waals surface area contributed by atoms with E-state index in [2.05, 4.69) is 12.2 Å². The molecule has 0 spiro atoms. The van der Waals surface area contributed by atoms with Crippen molar-refractivity contribution in [3.63, 3.8) is 0 Å². The number of benzene rings is 2. The van der Waals surface area contributed by atoms with Crippen LogP contribution in [-0.2, 0) is 4.74 Å². The second kappa shape index (κ2) is 8.48. The van der Waals surface area contributed by atoms with E-state index in [4.69, 9.17) is 4.74 Å². The molecule has 6 nitrogen and oxygen atoms in total. The van der Waals surface area contributed by atoms with Crippen molar-refractivity contribution >= 4 is 17.5 Å². The van der Waals surface area contributed by atoms with E-state index in [1.54, 1.807) is 0 Å². The zero-order valence-electron chi connectivity index (χ0n) is 17.8. The van der Waals surface area contributed by atoms with Gasteiger partial charge in [-0.2, -0.15) is 0 Å². The Balaban J connectivity index is 1.57. The standard InChI is InChI=1S/C24H29N3O3/c1-4-12-27-22(20-10-5-6-11-21(20)24(27)29)25-19-9-7-8-18(13-19)23(28)26-14-16(2)30-17(3)15-26/h5-11,13,16-17,22,25H,4,12,14-15H2,1-3H3/t16-,17-,22-/m1/s1. The van der Waals surface area contributed by atoms with Gasteiger partial charge in [0, 0.05) is 42.0 Å². The molecule has 30 heavy (non-hydrogen) atoms. The second-order valence-electron chi connectivity index (χ2n) is 8.18. The largest absolute Gasteiger partial charge is 0.372 e. The average molecular weight is 408 g/mol. The minimum atomic E-state index is -0.234. The second-order valence-corrected chi connectivity index (χ2v) is 8.18. The van der Waals surface area contributed by atoms with Gasteiger partial charge in [0.25, 0.3) is 11.8 Å². The molecular formula is C24H29N3O3. The molecule has 2 aliphatic rings. The summed E-state index contributed by atoms with van der Waals surface area (Å²) < 4.78 is 5.75. The number of carbonyl (C=O) groups is 2. The van der Waals surface area contributed by atoms with E-state index < -0.39 is 0 Å². The van der Waals surface area contributed by atoms with E-state index in [0.717, 1.165) is 23.2 Å². The third kappa shape index (κ3) is 3.92. The summed E-state index contributed by atoms with van der Waals surface area (Å²) in [6.07, 6.45) is 0.705. The SMILES string of the molecule is CCCN1C(=O)c2ccccc2[C@@H]1Nc1cccc(C(=O)N2C[C@@H](C)O[C@H](C)C2)c1. The van der Waals surface area contributed by atoms with Crippen molar-refractivity contribution in [3.05, 3.63) is 65.2 Å². The first kappa shape index (κ1) is 20.4. The number of amides is 2. The van der Waals surface area contributed by atoms with Crippen LogP contribution in [0.1, 0.15) is 59.6 Å². The molecule has 3 atom stereocenters. The summed E-state index contributed by atoms with van der Waals surface area (Å²) in [6.45, 7) is 7.91. The van der Waals surface area contributed by atoms with Crippen LogP contribution in [-0.4, -0.2) is 53.5 Å². The minimum absolute atomic E-state index is 0.00830. The van der Waals surface area contributed by atoms with Crippen LogP contribution in [0.2, 0.25) is 0 Å². The minimum Gasteiger partial charge on any atom is -0.372 e. The number of morpholine rings is 1. The predicted molar refractivity (Wildman–Crippen MR) is 116 cm³/mol. The van der Waals surface area contributed by atoms with Crippen molar-refractivity contribution in [2.45, 2.75) is 45.6 Å². The molecule has 0 saturated carbocycles. The van der Waals surface area contributed by atoms with Gasteiger partial charge in [0.2, 0.25) is 0 Å². The number of carbonyl (C=O) groups excluding carboxylic acids is 2. The van der Waals surface area contributed by atoms with Crippen LogP contribution in [0.5, 0.6) is 0 Å². The van der Waals surface area contributed by atoms with Crippen LogP contribution < -0.4 is 5.32 Å². The molecule has 2 aromatic rings. The molecular weight excluding hydrogens is 378 g/mol. The molecule has 2 amide bonds. The van der Waals surface area contributed by atoms with E-state index in [9.17, 15) is 9.59 Å². The molecule has 0 bridgehead atoms. The van der Waals surface area contributed by atoms with Crippen LogP contribution >= 0.6 is 0 Å². The molecule has 2 aliphatic heterocycles. The van der Waals surface area contributed by atoms with Gasteiger partial charge in [-0.25, -0.2) is 0 Å². The Kier molecular flexibility index (Phi) is 5.77. The summed E-state index contributed by atoms with van der Waals surface area (Å²) in [5.74, 6) is 0.0578. The zero-order chi connectivity index (χ0) is 21.3. The first-order valence-electron chi connectivity index (χ1n) is 10.7. The number of nitrogens with zero attached hydrogens (tertiary/aromatic N) is 2. The van der Waals surface area contributed by atoms with E-state index in [0.29, 0.717) is 25.2 Å². The van der Waals surface area contributed by atoms with Gasteiger partial charge in [0.1, 0.15) is 6.17 Å². The number of nitrogens with one attached hydrogen (secondary N) is 1. The molecule has 158 valence electrons. The van der Waals surface area contributed by atoms with E-state index in [1.165, 1.54) is 0 Å². The smallest absolute Gasteiger partial charge is 0.256 e. The van der Waals surface area contributed by atoms with Crippen LogP contribution in [0.4, 0.5) is 5.69 Å². The van der Waals surface area contributed by atoms with Crippen molar-refractivity contribution in [1.29, 1.82) is 0 Å². The molecule has 1 fully saturated rings. The molecule has 0 aromatic heterocycles. The summed E-state index contributed by atoms with van der Waals surface area (Å²) in [5, 5.41) is 3.49. The third-order valence-electron chi connectivity index (χ3n) is 5.64. The molecule has 2 aromatic carbocycles. The summed E-state index contributed by atoms with van der Waals surface area (Å²) in [5.41, 5.74) is 3.18. The highest BCUT2D eigenvalue weighted by molar-refractivity contribution is 5.99. The number of fused-ring (bicyclic) bond motifs is 1. The summed E-state index contributed by atoms with van der Waals surface area (Å²) in [4.78, 5) is 29.6. The number of hydrogen-bond donors (Lipinski definition) is 1. The van der Waals surface area contributed by atoms with Crippen LogP contribution in [0.3, 0.4) is 0 Å². The Morgan fingerprint density at radius 1 is 1.10 bits per heavy atom. The van der Waals surface area contributed by atoms with Gasteiger partial charge in [0.15, 0.2) is 0 Å². The first-order chi connectivity index (χ1) is 14.5. The molecule has 1 N–H and O–H groups in total. The van der Waals surface area contributed by atoms with Crippen molar-refractivity contribution in [2.24, 2.45) is 0 Å². The molecule has 2 heterocycles. The normalized spacial score (nSPS) is 23.4. The lowest BCUT2D eigenvalue weighted by atomic mass is 10.1. The fourth-order valence-electron chi connectivity index (χ4n) is 4.42. The van der Waals surface area contributed by atoms with E-state index in [1.807, 2.05) is 72.2 Å². The van der Waals surface area contributed by atoms with E-state index in [-0.39, 0.29) is 30.2 Å². The average Bonchev–Trinajstić information content (AvgIpc) is 2.99. The van der Waals surface area contributed by atoms with Crippen LogP contribution in [0.25, 0.3) is 0 Å². The Labute approximate surface area is 177 Å². The Hall–Kier alpha value is -2.86. The number of hydrogen-bond acceptors (Lipinski definition) is 4. The van der Waals surface area contributed by atoms with Gasteiger partial charge >= 0.3 is 0 Å². The van der Waals surface area contributed by atoms with Gasteiger partial charge in [-0.05, 0) is 44.5 Å². The van der Waals surface area contributed by atoms with Gasteiger partial charge in [-0.1, -0.05) is 31.2 Å². The highest BCUT2D eigenvalue weighted by Gasteiger charge is 2.36. The Morgan fingerprint density at radius 2 is 1.83 bits per heavy atom. The zero-order valence-corrected chi connectivity index (χ0v) is 17.8. The van der Waals surface area contributed by atoms with Gasteiger partial charge < -0.3 is 19.9 Å². The Morgan fingerprint density at radius 3 is 2.57 bits per heavy atom. The topological polar surface area (TPSA) is 61.9 Å². The van der Waals surface area contributed by atoms with Crippen molar-refractivity contribution in [2.75, 3.05) is 25.0 Å². The molecule has 1 saturated heterocycles. The first-order valence-corrected chi connectivity index (χ1v) is 10.7. The summed E-state index contributed by atoms with van der Waals surface area (Å²) in [6, 6.07) is 15.3. The molecule has 0 radical (unpaired) electrons. The monoisotopic (exact) mass is 407 g/mol. The van der Waals surface area contributed by atoms with Crippen LogP contribution in [0, 0.1) is 0 Å². The van der Waals surface area contributed by atoms with Gasteiger partial charge in [-0.3, -0.25) is 9.59 Å². The fraction of sp³-hybridized carbons (Fsp3) is 0.417. The maximum Gasteiger partial charge on any atom is 0.256 e. The Bertz CT molecular complexity index is 935. The highest BCUT2D eigenvalue weighted by Crippen LogP contribution is 2.34. The molecule has 6 heteroatoms. The van der Waals surface area contributed by atoms with Crippen molar-refractivity contribution in [3.8, 4) is 0 Å². The number of ether oxygens (including phenoxy) is 1. The summed E-state index contributed by atoms with van der Waals surface area (Å²) in [7, 11) is 0. The van der Waals surface area contributed by atoms with E-state index >= 15 is 0 Å². The summed E-state index contributed by atoms with van der Waals surface area (Å²) >= 11 is 0. The predicted octanol–water partition coefficient (Wildman–Crippen LogP) is 3.91. The van der Waals surface area contributed by atoms with Crippen molar-refractivity contribution in [1.82, 2.24) is 9.80 Å².